The molecule has 0 saturated carbocycles. The highest BCUT2D eigenvalue weighted by molar-refractivity contribution is 6.20. The number of aliphatic imine (C=N–C) groups is 1. The van der Waals surface area contributed by atoms with Crippen LogP contribution in [0.5, 0.6) is 0 Å². The van der Waals surface area contributed by atoms with Gasteiger partial charge in [-0.1, -0.05) is 97.1 Å². The van der Waals surface area contributed by atoms with Gasteiger partial charge in [-0.2, -0.15) is 0 Å². The van der Waals surface area contributed by atoms with Crippen molar-refractivity contribution in [1.82, 2.24) is 4.57 Å². The van der Waals surface area contributed by atoms with Crippen molar-refractivity contribution >= 4 is 33.2 Å². The first kappa shape index (κ1) is 18.4. The maximum Gasteiger partial charge on any atom is 0.0671 e. The molecule has 5 aromatic rings. The van der Waals surface area contributed by atoms with Crippen LogP contribution in [0.3, 0.4) is 0 Å². The summed E-state index contributed by atoms with van der Waals surface area (Å²) < 4.78 is 2.40. The first-order valence-corrected chi connectivity index (χ1v) is 11.5. The highest BCUT2D eigenvalue weighted by atomic mass is 15.0. The average Bonchev–Trinajstić information content (AvgIpc) is 3.23. The number of fused-ring (bicyclic) bond motifs is 6. The molecule has 2 atom stereocenters. The van der Waals surface area contributed by atoms with E-state index in [1.54, 1.807) is 0 Å². The Labute approximate surface area is 192 Å². The monoisotopic (exact) mass is 422 g/mol. The van der Waals surface area contributed by atoms with Crippen molar-refractivity contribution < 1.29 is 0 Å². The maximum absolute atomic E-state index is 5.27. The number of nitrogens with zero attached hydrogens (tertiary/aromatic N) is 2. The van der Waals surface area contributed by atoms with Gasteiger partial charge in [-0.05, 0) is 29.8 Å². The van der Waals surface area contributed by atoms with E-state index >= 15 is 0 Å². The lowest BCUT2D eigenvalue weighted by Gasteiger charge is -2.31. The van der Waals surface area contributed by atoms with Gasteiger partial charge in [0.15, 0.2) is 0 Å². The summed E-state index contributed by atoms with van der Waals surface area (Å²) in [6.07, 6.45) is 8.97. The predicted molar refractivity (Wildman–Crippen MR) is 138 cm³/mol. The molecule has 2 aliphatic rings. The lowest BCUT2D eigenvalue weighted by molar-refractivity contribution is 0.723. The molecule has 156 valence electrons. The zero-order valence-electron chi connectivity index (χ0n) is 18.1. The molecule has 33 heavy (non-hydrogen) atoms. The van der Waals surface area contributed by atoms with Gasteiger partial charge in [-0.3, -0.25) is 4.99 Å². The third-order valence-electron chi connectivity index (χ3n) is 6.97. The van der Waals surface area contributed by atoms with Crippen molar-refractivity contribution in [3.63, 3.8) is 0 Å². The normalized spacial score (nSPS) is 18.8. The Morgan fingerprint density at radius 1 is 0.606 bits per heavy atom. The molecule has 4 aromatic carbocycles. The zero-order valence-corrected chi connectivity index (χ0v) is 18.1. The van der Waals surface area contributed by atoms with Gasteiger partial charge in [0.1, 0.15) is 0 Å². The van der Waals surface area contributed by atoms with Gasteiger partial charge in [-0.15, -0.1) is 0 Å². The summed E-state index contributed by atoms with van der Waals surface area (Å²) in [4.78, 5) is 5.27. The summed E-state index contributed by atoms with van der Waals surface area (Å²) >= 11 is 0. The molecule has 0 N–H and O–H groups in total. The molecule has 0 radical (unpaired) electrons. The van der Waals surface area contributed by atoms with E-state index in [-0.39, 0.29) is 5.92 Å². The highest BCUT2D eigenvalue weighted by Crippen LogP contribution is 2.44. The van der Waals surface area contributed by atoms with Crippen LogP contribution in [-0.4, -0.2) is 10.3 Å². The predicted octanol–water partition coefficient (Wildman–Crippen LogP) is 7.74. The molecule has 1 aromatic heterocycles. The number of hydrogen-bond acceptors (Lipinski definition) is 1. The molecule has 0 amide bonds. The Hall–Kier alpha value is -4.17. The topological polar surface area (TPSA) is 17.3 Å². The summed E-state index contributed by atoms with van der Waals surface area (Å²) in [6, 6.07) is 34.6. The summed E-state index contributed by atoms with van der Waals surface area (Å²) in [5, 5.41) is 2.53. The van der Waals surface area contributed by atoms with Gasteiger partial charge in [0.25, 0.3) is 0 Å². The standard InChI is InChI=1S/C31H22N2/c1-2-11-21(12-3-1)33-29-20-9-7-15-24(29)26-17-10-18-27(31(26)33)30-25-16-5-4-13-22(25)23-14-6-8-19-28(23)32-30/h1-20,22,25H. The molecule has 2 heterocycles. The second-order valence-electron chi connectivity index (χ2n) is 8.77. The van der Waals surface area contributed by atoms with Crippen molar-refractivity contribution in [2.75, 3.05) is 0 Å². The number of allylic oxidation sites excluding steroid dienone is 4. The first-order chi connectivity index (χ1) is 16.4. The van der Waals surface area contributed by atoms with Crippen LogP contribution in [0.1, 0.15) is 17.0 Å². The van der Waals surface area contributed by atoms with E-state index in [2.05, 4.69) is 126 Å². The molecule has 7 rings (SSSR count). The second kappa shape index (κ2) is 7.18. The van der Waals surface area contributed by atoms with E-state index in [4.69, 9.17) is 4.99 Å². The van der Waals surface area contributed by atoms with Crippen LogP contribution in [0, 0.1) is 5.92 Å². The van der Waals surface area contributed by atoms with Crippen LogP contribution < -0.4 is 0 Å². The Kier molecular flexibility index (Phi) is 4.00. The minimum atomic E-state index is 0.220. The molecular formula is C31H22N2. The third-order valence-corrected chi connectivity index (χ3v) is 6.97. The van der Waals surface area contributed by atoms with Crippen molar-refractivity contribution in [3.8, 4) is 5.69 Å². The van der Waals surface area contributed by atoms with E-state index in [0.717, 1.165) is 11.4 Å². The SMILES string of the molecule is C1=CC2C(c3cccc4c5ccccc5n(-c5ccccc5)c34)=Nc3ccccc3C2C=C1. The van der Waals surface area contributed by atoms with Crippen LogP contribution in [-0.2, 0) is 0 Å². The summed E-state index contributed by atoms with van der Waals surface area (Å²) in [6.45, 7) is 0. The fraction of sp³-hybridized carbons (Fsp3) is 0.0645. The summed E-state index contributed by atoms with van der Waals surface area (Å²) in [5.74, 6) is 0.529. The minimum absolute atomic E-state index is 0.220. The smallest absolute Gasteiger partial charge is 0.0671 e. The molecule has 0 fully saturated rings. The number of benzene rings is 4. The number of aromatic nitrogens is 1. The maximum atomic E-state index is 5.27. The van der Waals surface area contributed by atoms with Crippen LogP contribution in [0.15, 0.2) is 126 Å². The lowest BCUT2D eigenvalue weighted by Crippen LogP contribution is -2.25. The Balaban J connectivity index is 1.59. The number of hydrogen-bond donors (Lipinski definition) is 0. The van der Waals surface area contributed by atoms with Crippen molar-refractivity contribution in [1.29, 1.82) is 0 Å². The minimum Gasteiger partial charge on any atom is -0.309 e. The lowest BCUT2D eigenvalue weighted by atomic mass is 9.75. The molecule has 0 saturated heterocycles. The van der Waals surface area contributed by atoms with E-state index in [1.165, 1.54) is 38.6 Å². The first-order valence-electron chi connectivity index (χ1n) is 11.5. The van der Waals surface area contributed by atoms with Gasteiger partial charge >= 0.3 is 0 Å². The summed E-state index contributed by atoms with van der Waals surface area (Å²) in [7, 11) is 0. The quantitative estimate of drug-likeness (QED) is 0.277. The van der Waals surface area contributed by atoms with Gasteiger partial charge in [-0.25, -0.2) is 0 Å². The second-order valence-corrected chi connectivity index (χ2v) is 8.77. The van der Waals surface area contributed by atoms with Crippen molar-refractivity contribution in [3.05, 3.63) is 132 Å². The molecule has 0 spiro atoms. The molecule has 2 heteroatoms. The third kappa shape index (κ3) is 2.71. The molecule has 2 nitrogen and oxygen atoms in total. The van der Waals surface area contributed by atoms with Crippen LogP contribution in [0.25, 0.3) is 27.5 Å². The fourth-order valence-electron chi connectivity index (χ4n) is 5.55. The fourth-order valence-corrected chi connectivity index (χ4v) is 5.55. The summed E-state index contributed by atoms with van der Waals surface area (Å²) in [5.41, 5.74) is 8.35. The van der Waals surface area contributed by atoms with Gasteiger partial charge in [0, 0.05) is 33.9 Å². The van der Waals surface area contributed by atoms with E-state index in [9.17, 15) is 0 Å². The number of rotatable bonds is 2. The van der Waals surface area contributed by atoms with E-state index in [1.807, 2.05) is 0 Å². The van der Waals surface area contributed by atoms with E-state index in [0.29, 0.717) is 5.92 Å². The van der Waals surface area contributed by atoms with Gasteiger partial charge < -0.3 is 4.57 Å². The Bertz CT molecular complexity index is 1620. The Morgan fingerprint density at radius 2 is 1.33 bits per heavy atom. The van der Waals surface area contributed by atoms with Crippen LogP contribution in [0.2, 0.25) is 0 Å². The molecule has 1 aliphatic heterocycles. The van der Waals surface area contributed by atoms with Crippen molar-refractivity contribution in [2.24, 2.45) is 10.9 Å². The molecule has 2 unspecified atom stereocenters. The van der Waals surface area contributed by atoms with Gasteiger partial charge in [0.2, 0.25) is 0 Å². The van der Waals surface area contributed by atoms with Crippen LogP contribution in [0.4, 0.5) is 5.69 Å². The highest BCUT2D eigenvalue weighted by Gasteiger charge is 2.33. The van der Waals surface area contributed by atoms with Gasteiger partial charge in [0.05, 0.1) is 22.4 Å². The molecule has 0 bridgehead atoms. The van der Waals surface area contributed by atoms with Crippen molar-refractivity contribution in [2.45, 2.75) is 5.92 Å². The largest absolute Gasteiger partial charge is 0.309 e. The van der Waals surface area contributed by atoms with E-state index < -0.39 is 0 Å². The number of para-hydroxylation sites is 4. The average molecular weight is 423 g/mol. The molecule has 1 aliphatic carbocycles. The zero-order chi connectivity index (χ0) is 21.8. The molecular weight excluding hydrogens is 400 g/mol. The van der Waals surface area contributed by atoms with Crippen LogP contribution >= 0.6 is 0 Å². The Morgan fingerprint density at radius 3 is 2.24 bits per heavy atom.